The SMILES string of the molecule is CC1Cc2ccccc2C1C.CC1Cc2ccccc2CC1C.CCC(C)c1ccc(C)c(C)c1.CCC(C)c1ccc(C)cc1.CCC(C)c1ccc(OC)cc1.CCC(C)c1cccc(C(C)(C)C)c1.CCC(C)c1cccc(CO)c1.CCc1cccc(C(C)CC)c1.CO.CO.CO.CO.CO.CO.CO.CO. The fourth-order valence-corrected chi connectivity index (χ4v) is 11.8. The largest absolute Gasteiger partial charge is 0.497 e. The van der Waals surface area contributed by atoms with E-state index in [9.17, 15) is 0 Å². The lowest BCUT2D eigenvalue weighted by Crippen LogP contribution is -2.20. The highest BCUT2D eigenvalue weighted by Gasteiger charge is 2.25. The van der Waals surface area contributed by atoms with Gasteiger partial charge in [-0.05, 0) is 245 Å². The van der Waals surface area contributed by atoms with E-state index in [2.05, 4.69) is 323 Å². The molecule has 0 fully saturated rings. The molecule has 10 rings (SSSR count). The average Bonchev–Trinajstić information content (AvgIpc) is 1.69. The summed E-state index contributed by atoms with van der Waals surface area (Å²) in [5.41, 5.74) is 23.2. The molecule has 2 aliphatic rings. The Morgan fingerprint density at radius 1 is 0.339 bits per heavy atom. The summed E-state index contributed by atoms with van der Waals surface area (Å²) in [5.74, 6) is 8.29. The van der Waals surface area contributed by atoms with Gasteiger partial charge in [-0.1, -0.05) is 320 Å². The monoisotopic (exact) mass is 1550 g/mol. The fourth-order valence-electron chi connectivity index (χ4n) is 11.8. The van der Waals surface area contributed by atoms with E-state index in [1.165, 1.54) is 113 Å². The Morgan fingerprint density at radius 2 is 0.661 bits per heavy atom. The van der Waals surface area contributed by atoms with E-state index < -0.39 is 0 Å². The van der Waals surface area contributed by atoms with E-state index in [1.807, 2.05) is 24.3 Å². The zero-order chi connectivity index (χ0) is 87.5. The van der Waals surface area contributed by atoms with Crippen molar-refractivity contribution >= 4 is 0 Å². The third-order valence-electron chi connectivity index (χ3n) is 21.2. The van der Waals surface area contributed by atoms with E-state index in [4.69, 9.17) is 50.7 Å². The molecule has 0 saturated heterocycles. The molecule has 0 saturated carbocycles. The number of aliphatic hydroxyl groups is 9. The van der Waals surface area contributed by atoms with Gasteiger partial charge >= 0.3 is 0 Å². The van der Waals surface area contributed by atoms with E-state index in [1.54, 1.807) is 29.4 Å². The number of methoxy groups -OCH3 is 1. The molecule has 636 valence electrons. The van der Waals surface area contributed by atoms with Crippen LogP contribution >= 0.6 is 0 Å². The molecule has 0 bridgehead atoms. The summed E-state index contributed by atoms with van der Waals surface area (Å²) in [5, 5.41) is 64.9. The minimum absolute atomic E-state index is 0.143. The van der Waals surface area contributed by atoms with Crippen LogP contribution in [0, 0.1) is 38.5 Å². The van der Waals surface area contributed by atoms with E-state index >= 15 is 0 Å². The second-order valence-corrected chi connectivity index (χ2v) is 29.6. The number of rotatable bonds is 15. The fraction of sp³-hybridized carbons (Fsp3) is 0.529. The molecule has 10 unspecified atom stereocenters. The Balaban J connectivity index is -0.000000279. The molecule has 8 aromatic rings. The Kier molecular flexibility index (Phi) is 75.8. The molecule has 10 nitrogen and oxygen atoms in total. The number of hydrogen-bond donors (Lipinski definition) is 9. The Morgan fingerprint density at radius 3 is 1.02 bits per heavy atom. The van der Waals surface area contributed by atoms with Crippen molar-refractivity contribution in [2.45, 2.75) is 277 Å². The van der Waals surface area contributed by atoms with Gasteiger partial charge in [0.1, 0.15) is 5.75 Å². The summed E-state index contributed by atoms with van der Waals surface area (Å²) in [4.78, 5) is 0. The minimum atomic E-state index is 0.143. The predicted octanol–water partition coefficient (Wildman–Crippen LogP) is 24.4. The lowest BCUT2D eigenvalue weighted by Gasteiger charge is -2.27. The van der Waals surface area contributed by atoms with Gasteiger partial charge in [-0.3, -0.25) is 0 Å². The summed E-state index contributed by atoms with van der Waals surface area (Å²) in [6, 6.07) is 67.6. The smallest absolute Gasteiger partial charge is 0.118 e. The Bertz CT molecular complexity index is 3310. The normalized spacial score (nSPS) is 14.8. The van der Waals surface area contributed by atoms with Crippen LogP contribution in [0.25, 0.3) is 0 Å². The molecular formula is C102H168O10. The van der Waals surface area contributed by atoms with Crippen molar-refractivity contribution in [1.82, 2.24) is 0 Å². The van der Waals surface area contributed by atoms with Gasteiger partial charge in [0.15, 0.2) is 0 Å². The van der Waals surface area contributed by atoms with Gasteiger partial charge in [-0.25, -0.2) is 0 Å². The van der Waals surface area contributed by atoms with E-state index in [-0.39, 0.29) is 12.0 Å². The second-order valence-electron chi connectivity index (χ2n) is 29.6. The highest BCUT2D eigenvalue weighted by atomic mass is 16.5. The zero-order valence-electron chi connectivity index (χ0n) is 76.9. The number of hydrogen-bond acceptors (Lipinski definition) is 10. The molecule has 112 heavy (non-hydrogen) atoms. The van der Waals surface area contributed by atoms with Crippen molar-refractivity contribution in [2.24, 2.45) is 17.8 Å². The van der Waals surface area contributed by atoms with Crippen LogP contribution in [-0.4, -0.2) is 110 Å². The molecule has 10 atom stereocenters. The molecule has 0 aliphatic heterocycles. The summed E-state index contributed by atoms with van der Waals surface area (Å²) in [6.07, 6.45) is 12.2. The lowest BCUT2D eigenvalue weighted by atomic mass is 9.78. The summed E-state index contributed by atoms with van der Waals surface area (Å²) >= 11 is 0. The third-order valence-corrected chi connectivity index (χ3v) is 21.2. The molecule has 9 N–H and O–H groups in total. The maximum atomic E-state index is 8.92. The number of aryl methyl sites for hydroxylation is 4. The predicted molar refractivity (Wildman–Crippen MR) is 491 cm³/mol. The Labute approximate surface area is 688 Å². The van der Waals surface area contributed by atoms with Crippen molar-refractivity contribution in [3.05, 3.63) is 277 Å². The topological polar surface area (TPSA) is 191 Å². The maximum Gasteiger partial charge on any atom is 0.118 e. The molecule has 8 aromatic carbocycles. The van der Waals surface area contributed by atoms with Crippen LogP contribution in [0.3, 0.4) is 0 Å². The van der Waals surface area contributed by atoms with Gasteiger partial charge in [0, 0.05) is 56.9 Å². The van der Waals surface area contributed by atoms with Crippen LogP contribution in [0.4, 0.5) is 0 Å². The van der Waals surface area contributed by atoms with E-state index in [0.29, 0.717) is 35.5 Å². The number of aliphatic hydroxyl groups excluding tert-OH is 9. The molecule has 0 amide bonds. The lowest BCUT2D eigenvalue weighted by molar-refractivity contribution is 0.281. The first-order chi connectivity index (χ1) is 53.7. The standard InChI is InChI=1S/C14H22.C12H16.2C12H18.2C11H16O.C11H14.C11H16.8CH4O/c1-6-11(2)12-8-7-9-13(10-12)14(3,4)5;1-9-7-11-5-3-4-6-12(11)8-10(9)2;1-5-9(2)12-7-6-10(3)11(4)8-12;1-4-10(3)12-8-6-7-11(5-2)9-12;1-4-9(2)10-5-7-11(12-3)8-6-10;1-3-9(2)11-6-4-5-10(7-11)8-12;1-8-7-10-5-3-4-6-11(10)9(8)2;1-4-10(3)11-7-5-9(2)6-8-11;8*1-2/h7-11H,6H2,1-5H3;3-6,9-10H,7-8H2,1-2H3;6-9H,5H2,1-4H3;6-10H,4-5H2,1-3H3;5-9H,4H2,1-3H3;4-7,9,12H,3,8H2,1-2H3;3-6,8-9H,7H2,1-2H3;5-8,10H,4H2,1-3H3;8*2H,1H3. The van der Waals surface area contributed by atoms with Gasteiger partial charge < -0.3 is 50.7 Å². The number of ether oxygens (including phenoxy) is 1. The highest BCUT2D eigenvalue weighted by Crippen LogP contribution is 2.37. The summed E-state index contributed by atoms with van der Waals surface area (Å²) in [6.45, 7) is 51.9. The number of benzene rings is 8. The highest BCUT2D eigenvalue weighted by molar-refractivity contribution is 5.37. The summed E-state index contributed by atoms with van der Waals surface area (Å²) in [7, 11) is 9.69. The van der Waals surface area contributed by atoms with Gasteiger partial charge in [0.25, 0.3) is 0 Å². The average molecular weight is 1550 g/mol. The third kappa shape index (κ3) is 47.8. The first-order valence-corrected chi connectivity index (χ1v) is 41.1. The van der Waals surface area contributed by atoms with Crippen molar-refractivity contribution in [1.29, 1.82) is 0 Å². The number of fused-ring (bicyclic) bond motifs is 2. The summed E-state index contributed by atoms with van der Waals surface area (Å²) < 4.78 is 5.08. The maximum absolute atomic E-state index is 8.92. The van der Waals surface area contributed by atoms with Crippen molar-refractivity contribution in [3.63, 3.8) is 0 Å². The van der Waals surface area contributed by atoms with Gasteiger partial charge in [0.05, 0.1) is 13.7 Å². The first kappa shape index (κ1) is 116. The first-order valence-electron chi connectivity index (χ1n) is 41.1. The molecular weight excluding hydrogens is 1390 g/mol. The van der Waals surface area contributed by atoms with E-state index in [0.717, 1.165) is 105 Å². The van der Waals surface area contributed by atoms with Crippen LogP contribution in [0.15, 0.2) is 188 Å². The van der Waals surface area contributed by atoms with Crippen molar-refractivity contribution in [2.75, 3.05) is 64.0 Å². The Hall–Kier alpha value is -6.80. The van der Waals surface area contributed by atoms with Crippen molar-refractivity contribution < 1.29 is 50.7 Å². The van der Waals surface area contributed by atoms with Gasteiger partial charge in [-0.15, -0.1) is 0 Å². The molecule has 0 radical (unpaired) electrons. The van der Waals surface area contributed by atoms with Crippen LogP contribution in [0.5, 0.6) is 5.75 Å². The van der Waals surface area contributed by atoms with Crippen LogP contribution in [0.2, 0.25) is 0 Å². The van der Waals surface area contributed by atoms with Crippen LogP contribution < -0.4 is 4.74 Å². The minimum Gasteiger partial charge on any atom is -0.497 e. The van der Waals surface area contributed by atoms with Gasteiger partial charge in [-0.2, -0.15) is 0 Å². The zero-order valence-corrected chi connectivity index (χ0v) is 76.9. The molecule has 0 heterocycles. The molecule has 0 spiro atoms. The molecule has 0 aromatic heterocycles. The quantitative estimate of drug-likeness (QED) is 0.0477. The van der Waals surface area contributed by atoms with Crippen LogP contribution in [-0.2, 0) is 37.7 Å². The second kappa shape index (κ2) is 73.1. The van der Waals surface area contributed by atoms with Crippen LogP contribution in [0.1, 0.15) is 307 Å². The molecule has 2 aliphatic carbocycles. The van der Waals surface area contributed by atoms with Gasteiger partial charge in [0.2, 0.25) is 0 Å². The van der Waals surface area contributed by atoms with Crippen molar-refractivity contribution in [3.8, 4) is 5.75 Å². The molecule has 10 heteroatoms.